The molecule has 0 bridgehead atoms. The summed E-state index contributed by atoms with van der Waals surface area (Å²) in [5, 5.41) is 2.91. The van der Waals surface area contributed by atoms with Crippen molar-refractivity contribution in [1.82, 2.24) is 9.80 Å². The van der Waals surface area contributed by atoms with Crippen LogP contribution in [-0.4, -0.2) is 74.2 Å². The second kappa shape index (κ2) is 12.0. The topological polar surface area (TPSA) is 71.1 Å². The molecule has 0 radical (unpaired) electrons. The van der Waals surface area contributed by atoms with E-state index in [0.717, 1.165) is 19.5 Å². The number of likely N-dealkylation sites (N-methyl/N-ethyl adjacent to an activating group) is 1. The Balaban J connectivity index is 1.91. The molecule has 34 heavy (non-hydrogen) atoms. The maximum Gasteiger partial charge on any atom is 0.257 e. The Bertz CT molecular complexity index is 966. The lowest BCUT2D eigenvalue weighted by molar-refractivity contribution is 0.0108. The molecule has 7 heteroatoms. The van der Waals surface area contributed by atoms with Crippen molar-refractivity contribution in [2.75, 3.05) is 45.7 Å². The third-order valence-corrected chi connectivity index (χ3v) is 6.38. The first-order valence-corrected chi connectivity index (χ1v) is 12.0. The number of rotatable bonds is 5. The van der Waals surface area contributed by atoms with Crippen molar-refractivity contribution in [1.29, 1.82) is 0 Å². The van der Waals surface area contributed by atoms with Crippen molar-refractivity contribution in [3.63, 3.8) is 0 Å². The van der Waals surface area contributed by atoms with E-state index in [1.54, 1.807) is 49.4 Å². The number of methoxy groups -OCH3 is 1. The highest BCUT2D eigenvalue weighted by molar-refractivity contribution is 6.05. The predicted octanol–water partition coefficient (Wildman–Crippen LogP) is 4.15. The standard InChI is InChI=1S/C27H37N3O4/c1-6-14-30-16-19(2)25(33-5)17-29(4)27(32)23-13-12-22(15-24(23)34-18-20(30)3)28-26(31)21-10-8-7-9-11-21/h7-13,15,19-20,25H,6,14,16-18H2,1-5H3,(H,28,31)/t19-,20-,25+/m0/s1. The number of carbonyl (C=O) groups excluding carboxylic acids is 2. The molecule has 2 aromatic carbocycles. The summed E-state index contributed by atoms with van der Waals surface area (Å²) in [5.74, 6) is 0.373. The van der Waals surface area contributed by atoms with Crippen molar-refractivity contribution in [2.45, 2.75) is 39.3 Å². The van der Waals surface area contributed by atoms with Crippen LogP contribution in [0.15, 0.2) is 48.5 Å². The van der Waals surface area contributed by atoms with Crippen LogP contribution in [0.5, 0.6) is 5.75 Å². The molecule has 7 nitrogen and oxygen atoms in total. The van der Waals surface area contributed by atoms with E-state index in [9.17, 15) is 9.59 Å². The highest BCUT2D eigenvalue weighted by atomic mass is 16.5. The zero-order valence-electron chi connectivity index (χ0n) is 20.9. The molecule has 184 valence electrons. The largest absolute Gasteiger partial charge is 0.491 e. The summed E-state index contributed by atoms with van der Waals surface area (Å²) in [6.07, 6.45) is 0.966. The van der Waals surface area contributed by atoms with Crippen LogP contribution >= 0.6 is 0 Å². The van der Waals surface area contributed by atoms with Gasteiger partial charge in [0.15, 0.2) is 0 Å². The van der Waals surface area contributed by atoms with Gasteiger partial charge in [-0.05, 0) is 50.1 Å². The Morgan fingerprint density at radius 3 is 2.56 bits per heavy atom. The van der Waals surface area contributed by atoms with Crippen LogP contribution in [0.1, 0.15) is 47.9 Å². The lowest BCUT2D eigenvalue weighted by Gasteiger charge is -2.35. The fourth-order valence-corrected chi connectivity index (χ4v) is 4.32. The molecule has 0 unspecified atom stereocenters. The first kappa shape index (κ1) is 25.7. The van der Waals surface area contributed by atoms with Crippen LogP contribution < -0.4 is 10.1 Å². The van der Waals surface area contributed by atoms with Gasteiger partial charge in [-0.1, -0.05) is 32.0 Å². The van der Waals surface area contributed by atoms with Gasteiger partial charge in [0, 0.05) is 50.6 Å². The van der Waals surface area contributed by atoms with Gasteiger partial charge in [0.1, 0.15) is 12.4 Å². The molecular formula is C27H37N3O4. The number of anilines is 1. The number of ether oxygens (including phenoxy) is 2. The van der Waals surface area contributed by atoms with E-state index in [2.05, 4.69) is 31.0 Å². The number of hydrogen-bond acceptors (Lipinski definition) is 5. The van der Waals surface area contributed by atoms with Gasteiger partial charge in [0.2, 0.25) is 0 Å². The predicted molar refractivity (Wildman–Crippen MR) is 135 cm³/mol. The number of hydrogen-bond donors (Lipinski definition) is 1. The molecule has 3 rings (SSSR count). The maximum atomic E-state index is 13.3. The molecule has 0 saturated carbocycles. The summed E-state index contributed by atoms with van der Waals surface area (Å²) in [4.78, 5) is 30.0. The van der Waals surface area contributed by atoms with E-state index in [0.29, 0.717) is 35.7 Å². The minimum atomic E-state index is -0.212. The Labute approximate surface area is 203 Å². The summed E-state index contributed by atoms with van der Waals surface area (Å²) in [5.41, 5.74) is 1.62. The minimum Gasteiger partial charge on any atom is -0.491 e. The molecule has 3 atom stereocenters. The SMILES string of the molecule is CCCN1C[C@H](C)[C@H](OC)CN(C)C(=O)c2ccc(NC(=O)c3ccccc3)cc2OC[C@@H]1C. The van der Waals surface area contributed by atoms with E-state index in [4.69, 9.17) is 9.47 Å². The van der Waals surface area contributed by atoms with Gasteiger partial charge in [-0.2, -0.15) is 0 Å². The van der Waals surface area contributed by atoms with Crippen LogP contribution in [0.25, 0.3) is 0 Å². The first-order valence-electron chi connectivity index (χ1n) is 12.0. The second-order valence-electron chi connectivity index (χ2n) is 9.12. The second-order valence-corrected chi connectivity index (χ2v) is 9.12. The molecule has 1 N–H and O–H groups in total. The monoisotopic (exact) mass is 467 g/mol. The van der Waals surface area contributed by atoms with Crippen molar-refractivity contribution in [3.8, 4) is 5.75 Å². The van der Waals surface area contributed by atoms with Crippen molar-refractivity contribution in [2.24, 2.45) is 5.92 Å². The summed E-state index contributed by atoms with van der Waals surface area (Å²) in [7, 11) is 3.49. The number of nitrogens with zero attached hydrogens (tertiary/aromatic N) is 2. The Hall–Kier alpha value is -2.90. The van der Waals surface area contributed by atoms with Crippen molar-refractivity contribution >= 4 is 17.5 Å². The number of carbonyl (C=O) groups is 2. The van der Waals surface area contributed by atoms with E-state index >= 15 is 0 Å². The van der Waals surface area contributed by atoms with Crippen LogP contribution in [0.2, 0.25) is 0 Å². The average Bonchev–Trinajstić information content (AvgIpc) is 2.84. The van der Waals surface area contributed by atoms with Crippen molar-refractivity contribution in [3.05, 3.63) is 59.7 Å². The van der Waals surface area contributed by atoms with Crippen LogP contribution in [0.4, 0.5) is 5.69 Å². The molecule has 0 fully saturated rings. The van der Waals surface area contributed by atoms with Gasteiger partial charge in [-0.15, -0.1) is 0 Å². The summed E-state index contributed by atoms with van der Waals surface area (Å²) >= 11 is 0. The van der Waals surface area contributed by atoms with E-state index in [-0.39, 0.29) is 29.9 Å². The van der Waals surface area contributed by atoms with Crippen LogP contribution in [0.3, 0.4) is 0 Å². The van der Waals surface area contributed by atoms with E-state index in [1.807, 2.05) is 18.2 Å². The molecule has 2 amide bonds. The van der Waals surface area contributed by atoms with Crippen LogP contribution in [-0.2, 0) is 4.74 Å². The molecule has 1 heterocycles. The zero-order chi connectivity index (χ0) is 24.7. The molecule has 0 saturated heterocycles. The van der Waals surface area contributed by atoms with Gasteiger partial charge in [0.05, 0.1) is 11.7 Å². The zero-order valence-corrected chi connectivity index (χ0v) is 20.9. The lowest BCUT2D eigenvalue weighted by Crippen LogP contribution is -2.46. The highest BCUT2D eigenvalue weighted by Crippen LogP contribution is 2.27. The molecule has 0 aromatic heterocycles. The molecule has 1 aliphatic rings. The number of amides is 2. The molecule has 1 aliphatic heterocycles. The van der Waals surface area contributed by atoms with Gasteiger partial charge < -0.3 is 19.7 Å². The number of nitrogens with one attached hydrogen (secondary N) is 1. The van der Waals surface area contributed by atoms with Gasteiger partial charge >= 0.3 is 0 Å². The smallest absolute Gasteiger partial charge is 0.257 e. The van der Waals surface area contributed by atoms with Crippen LogP contribution in [0, 0.1) is 5.92 Å². The highest BCUT2D eigenvalue weighted by Gasteiger charge is 2.28. The Morgan fingerprint density at radius 1 is 1.15 bits per heavy atom. The summed E-state index contributed by atoms with van der Waals surface area (Å²) < 4.78 is 12.0. The number of benzene rings is 2. The average molecular weight is 468 g/mol. The lowest BCUT2D eigenvalue weighted by atomic mass is 10.0. The van der Waals surface area contributed by atoms with E-state index < -0.39 is 0 Å². The molecular weight excluding hydrogens is 430 g/mol. The third-order valence-electron chi connectivity index (χ3n) is 6.38. The summed E-state index contributed by atoms with van der Waals surface area (Å²) in [6.45, 7) is 9.22. The quantitative estimate of drug-likeness (QED) is 0.715. The first-order chi connectivity index (χ1) is 16.3. The molecule has 2 aromatic rings. The van der Waals surface area contributed by atoms with Gasteiger partial charge in [-0.3, -0.25) is 14.5 Å². The number of fused-ring (bicyclic) bond motifs is 1. The fraction of sp³-hybridized carbons (Fsp3) is 0.481. The van der Waals surface area contributed by atoms with Gasteiger partial charge in [-0.25, -0.2) is 0 Å². The Morgan fingerprint density at radius 2 is 1.88 bits per heavy atom. The Kier molecular flexibility index (Phi) is 9.07. The van der Waals surface area contributed by atoms with Crippen molar-refractivity contribution < 1.29 is 19.1 Å². The van der Waals surface area contributed by atoms with Gasteiger partial charge in [0.25, 0.3) is 11.8 Å². The molecule has 0 aliphatic carbocycles. The minimum absolute atomic E-state index is 0.0752. The third kappa shape index (κ3) is 6.36. The maximum absolute atomic E-state index is 13.3. The fourth-order valence-electron chi connectivity index (χ4n) is 4.32. The molecule has 0 spiro atoms. The van der Waals surface area contributed by atoms with E-state index in [1.165, 1.54) is 0 Å². The normalized spacial score (nSPS) is 22.2. The summed E-state index contributed by atoms with van der Waals surface area (Å²) in [6, 6.07) is 14.4.